The van der Waals surface area contributed by atoms with Gasteiger partial charge in [-0.25, -0.2) is 0 Å². The van der Waals surface area contributed by atoms with E-state index in [1.165, 1.54) is 5.56 Å². The smallest absolute Gasteiger partial charge is 0.120 e. The van der Waals surface area contributed by atoms with Gasteiger partial charge in [0.05, 0.1) is 6.04 Å². The number of hydrogen-bond donors (Lipinski definition) is 2. The second-order valence-corrected chi connectivity index (χ2v) is 4.44. The van der Waals surface area contributed by atoms with Gasteiger partial charge in [-0.1, -0.05) is 43.3 Å². The molecule has 0 saturated carbocycles. The number of para-hydroxylation sites is 2. The molecule has 2 aromatic rings. The second kappa shape index (κ2) is 5.58. The van der Waals surface area contributed by atoms with Crippen LogP contribution in [0.2, 0.25) is 0 Å². The van der Waals surface area contributed by atoms with Gasteiger partial charge >= 0.3 is 0 Å². The average molecular weight is 241 g/mol. The molecule has 94 valence electrons. The van der Waals surface area contributed by atoms with Crippen molar-refractivity contribution in [2.24, 2.45) is 0 Å². The van der Waals surface area contributed by atoms with Crippen molar-refractivity contribution in [1.82, 2.24) is 0 Å². The minimum atomic E-state index is 0.0823. The molecule has 0 fully saturated rings. The molecule has 0 aromatic heterocycles. The Morgan fingerprint density at radius 3 is 2.44 bits per heavy atom. The van der Waals surface area contributed by atoms with Crippen LogP contribution in [0.3, 0.4) is 0 Å². The average Bonchev–Trinajstić information content (AvgIpc) is 2.39. The van der Waals surface area contributed by atoms with Crippen molar-refractivity contribution in [2.75, 3.05) is 5.32 Å². The van der Waals surface area contributed by atoms with Gasteiger partial charge in [-0.2, -0.15) is 0 Å². The van der Waals surface area contributed by atoms with E-state index in [0.29, 0.717) is 5.75 Å². The summed E-state index contributed by atoms with van der Waals surface area (Å²) in [5.41, 5.74) is 3.35. The Kier molecular flexibility index (Phi) is 3.88. The molecule has 1 atom stereocenters. The molecule has 0 aliphatic carbocycles. The van der Waals surface area contributed by atoms with E-state index in [-0.39, 0.29) is 6.04 Å². The molecule has 0 heterocycles. The zero-order valence-corrected chi connectivity index (χ0v) is 10.9. The SMILES string of the molecule is CCc1ccccc1NC(C)c1ccccc1O. The maximum absolute atomic E-state index is 9.85. The molecule has 0 spiro atoms. The quantitative estimate of drug-likeness (QED) is 0.843. The van der Waals surface area contributed by atoms with Crippen LogP contribution in [0, 0.1) is 0 Å². The van der Waals surface area contributed by atoms with E-state index in [1.54, 1.807) is 6.07 Å². The summed E-state index contributed by atoms with van der Waals surface area (Å²) < 4.78 is 0. The highest BCUT2D eigenvalue weighted by Crippen LogP contribution is 2.27. The Balaban J connectivity index is 2.21. The molecule has 2 heteroatoms. The van der Waals surface area contributed by atoms with E-state index in [1.807, 2.05) is 24.3 Å². The van der Waals surface area contributed by atoms with Gasteiger partial charge in [0.1, 0.15) is 5.75 Å². The Morgan fingerprint density at radius 2 is 1.72 bits per heavy atom. The first-order valence-electron chi connectivity index (χ1n) is 6.34. The molecular weight excluding hydrogens is 222 g/mol. The van der Waals surface area contributed by atoms with E-state index < -0.39 is 0 Å². The summed E-state index contributed by atoms with van der Waals surface area (Å²) in [4.78, 5) is 0. The fraction of sp³-hybridized carbons (Fsp3) is 0.250. The third-order valence-electron chi connectivity index (χ3n) is 3.17. The molecule has 2 aromatic carbocycles. The number of benzene rings is 2. The summed E-state index contributed by atoms with van der Waals surface area (Å²) in [5.74, 6) is 0.339. The number of aryl methyl sites for hydroxylation is 1. The van der Waals surface area contributed by atoms with Crippen LogP contribution in [0.5, 0.6) is 5.75 Å². The van der Waals surface area contributed by atoms with Crippen LogP contribution >= 0.6 is 0 Å². The highest BCUT2D eigenvalue weighted by molar-refractivity contribution is 5.53. The number of aromatic hydroxyl groups is 1. The standard InChI is InChI=1S/C16H19NO/c1-3-13-8-4-6-10-15(13)17-12(2)14-9-5-7-11-16(14)18/h4-12,17-18H,3H2,1-2H3. The number of nitrogens with one attached hydrogen (secondary N) is 1. The van der Waals surface area contributed by atoms with Crippen molar-refractivity contribution in [3.63, 3.8) is 0 Å². The Hall–Kier alpha value is -1.96. The van der Waals surface area contributed by atoms with E-state index in [2.05, 4.69) is 37.4 Å². The van der Waals surface area contributed by atoms with E-state index >= 15 is 0 Å². The minimum Gasteiger partial charge on any atom is -0.508 e. The van der Waals surface area contributed by atoms with E-state index in [9.17, 15) is 5.11 Å². The van der Waals surface area contributed by atoms with Gasteiger partial charge in [0.15, 0.2) is 0 Å². The first-order chi connectivity index (χ1) is 8.72. The van der Waals surface area contributed by atoms with Gasteiger partial charge < -0.3 is 10.4 Å². The summed E-state index contributed by atoms with van der Waals surface area (Å²) in [6, 6.07) is 15.8. The number of anilines is 1. The van der Waals surface area contributed by atoms with Gasteiger partial charge in [0.25, 0.3) is 0 Å². The minimum absolute atomic E-state index is 0.0823. The molecule has 2 nitrogen and oxygen atoms in total. The first kappa shape index (κ1) is 12.5. The van der Waals surface area contributed by atoms with Gasteiger partial charge in [-0.15, -0.1) is 0 Å². The number of hydrogen-bond acceptors (Lipinski definition) is 2. The van der Waals surface area contributed by atoms with Crippen molar-refractivity contribution in [3.05, 3.63) is 59.7 Å². The van der Waals surface area contributed by atoms with Crippen molar-refractivity contribution in [3.8, 4) is 5.75 Å². The zero-order valence-electron chi connectivity index (χ0n) is 10.9. The lowest BCUT2D eigenvalue weighted by Gasteiger charge is -2.19. The molecule has 2 N–H and O–H groups in total. The Labute approximate surface area is 108 Å². The third kappa shape index (κ3) is 2.65. The topological polar surface area (TPSA) is 32.3 Å². The molecule has 0 aliphatic rings. The normalized spacial score (nSPS) is 12.1. The number of rotatable bonds is 4. The predicted molar refractivity (Wildman–Crippen MR) is 76.0 cm³/mol. The molecular formula is C16H19NO. The van der Waals surface area contributed by atoms with Gasteiger partial charge in [0, 0.05) is 11.3 Å². The molecule has 0 aliphatic heterocycles. The summed E-state index contributed by atoms with van der Waals surface area (Å²) in [5, 5.41) is 13.3. The van der Waals surface area contributed by atoms with Crippen LogP contribution in [0.25, 0.3) is 0 Å². The maximum Gasteiger partial charge on any atom is 0.120 e. The van der Waals surface area contributed by atoms with Gasteiger partial charge in [-0.3, -0.25) is 0 Å². The second-order valence-electron chi connectivity index (χ2n) is 4.44. The summed E-state index contributed by atoms with van der Waals surface area (Å²) in [6.45, 7) is 4.20. The largest absolute Gasteiger partial charge is 0.508 e. The van der Waals surface area contributed by atoms with Crippen molar-refractivity contribution < 1.29 is 5.11 Å². The van der Waals surface area contributed by atoms with Crippen molar-refractivity contribution in [2.45, 2.75) is 26.3 Å². The third-order valence-corrected chi connectivity index (χ3v) is 3.17. The highest BCUT2D eigenvalue weighted by Gasteiger charge is 2.10. The lowest BCUT2D eigenvalue weighted by atomic mass is 10.1. The van der Waals surface area contributed by atoms with Gasteiger partial charge in [0.2, 0.25) is 0 Å². The lowest BCUT2D eigenvalue weighted by Crippen LogP contribution is -2.08. The van der Waals surface area contributed by atoms with Crippen molar-refractivity contribution in [1.29, 1.82) is 0 Å². The van der Waals surface area contributed by atoms with Crippen molar-refractivity contribution >= 4 is 5.69 Å². The summed E-state index contributed by atoms with van der Waals surface area (Å²) in [7, 11) is 0. The first-order valence-corrected chi connectivity index (χ1v) is 6.34. The maximum atomic E-state index is 9.85. The molecule has 0 radical (unpaired) electrons. The number of phenols is 1. The summed E-state index contributed by atoms with van der Waals surface area (Å²) in [6.07, 6.45) is 0.997. The molecule has 18 heavy (non-hydrogen) atoms. The van der Waals surface area contributed by atoms with Crippen LogP contribution in [0.4, 0.5) is 5.69 Å². The molecule has 2 rings (SSSR count). The van der Waals surface area contributed by atoms with Gasteiger partial charge in [-0.05, 0) is 31.0 Å². The monoisotopic (exact) mass is 241 g/mol. The summed E-state index contributed by atoms with van der Waals surface area (Å²) >= 11 is 0. The van der Waals surface area contributed by atoms with Crippen LogP contribution in [0.1, 0.15) is 31.0 Å². The fourth-order valence-electron chi connectivity index (χ4n) is 2.13. The van der Waals surface area contributed by atoms with Crippen LogP contribution < -0.4 is 5.32 Å². The fourth-order valence-corrected chi connectivity index (χ4v) is 2.13. The predicted octanol–water partition coefficient (Wildman–Crippen LogP) is 4.13. The molecule has 1 unspecified atom stereocenters. The van der Waals surface area contributed by atoms with Crippen LogP contribution in [-0.4, -0.2) is 5.11 Å². The number of phenolic OH excluding ortho intramolecular Hbond substituents is 1. The molecule has 0 amide bonds. The lowest BCUT2D eigenvalue weighted by molar-refractivity contribution is 0.465. The molecule has 0 saturated heterocycles. The Morgan fingerprint density at radius 1 is 1.06 bits per heavy atom. The van der Waals surface area contributed by atoms with E-state index in [0.717, 1.165) is 17.7 Å². The Bertz CT molecular complexity index is 522. The van der Waals surface area contributed by atoms with Crippen LogP contribution in [0.15, 0.2) is 48.5 Å². The zero-order chi connectivity index (χ0) is 13.0. The highest BCUT2D eigenvalue weighted by atomic mass is 16.3. The molecule has 0 bridgehead atoms. The van der Waals surface area contributed by atoms with E-state index in [4.69, 9.17) is 0 Å². The van der Waals surface area contributed by atoms with Crippen LogP contribution in [-0.2, 0) is 6.42 Å².